The van der Waals surface area contributed by atoms with Crippen molar-refractivity contribution in [3.8, 4) is 0 Å². The number of nitrogens with zero attached hydrogens (tertiary/aromatic N) is 2. The SMILES string of the molecule is Cc1c(/C=C/c2ccc(C(=O)ON3C(=O)CCC3=O)cc2)c(=O)oc2cc(N(C)C)ccc12. The summed E-state index contributed by atoms with van der Waals surface area (Å²) in [6, 6.07) is 12.1. The zero-order valence-electron chi connectivity index (χ0n) is 18.5. The van der Waals surface area contributed by atoms with E-state index in [1.807, 2.05) is 44.1 Å². The molecule has 8 heteroatoms. The standard InChI is InChI=1S/C25H22N2O6/c1-15-19-11-9-18(26(2)3)14-21(19)32-25(31)20(15)10-6-16-4-7-17(8-5-16)24(30)33-27-22(28)12-13-23(27)29/h4-11,14H,12-13H2,1-3H3/b10-6+. The van der Waals surface area contributed by atoms with Crippen molar-refractivity contribution in [3.05, 3.63) is 75.1 Å². The van der Waals surface area contributed by atoms with Crippen LogP contribution in [0.1, 0.15) is 39.9 Å². The maximum absolute atomic E-state index is 12.6. The molecule has 2 aromatic carbocycles. The predicted octanol–water partition coefficient (Wildman–Crippen LogP) is 3.56. The van der Waals surface area contributed by atoms with Crippen molar-refractivity contribution in [2.24, 2.45) is 0 Å². The molecule has 0 aliphatic carbocycles. The summed E-state index contributed by atoms with van der Waals surface area (Å²) >= 11 is 0. The van der Waals surface area contributed by atoms with Gasteiger partial charge in [0.15, 0.2) is 0 Å². The Kier molecular flexibility index (Phi) is 5.83. The van der Waals surface area contributed by atoms with E-state index in [4.69, 9.17) is 9.25 Å². The van der Waals surface area contributed by atoms with Crippen LogP contribution < -0.4 is 10.5 Å². The third-order valence-electron chi connectivity index (χ3n) is 5.48. The lowest BCUT2D eigenvalue weighted by Crippen LogP contribution is -2.32. The van der Waals surface area contributed by atoms with E-state index in [-0.39, 0.29) is 18.4 Å². The lowest BCUT2D eigenvalue weighted by Gasteiger charge is -2.13. The minimum atomic E-state index is -0.794. The van der Waals surface area contributed by atoms with E-state index in [1.54, 1.807) is 24.3 Å². The van der Waals surface area contributed by atoms with Crippen LogP contribution in [0, 0.1) is 6.92 Å². The summed E-state index contributed by atoms with van der Waals surface area (Å²) in [4.78, 5) is 54.8. The second-order valence-corrected chi connectivity index (χ2v) is 7.92. The number of carbonyl (C=O) groups is 3. The lowest BCUT2D eigenvalue weighted by molar-refractivity contribution is -0.172. The van der Waals surface area contributed by atoms with E-state index in [0.29, 0.717) is 16.2 Å². The Morgan fingerprint density at radius 1 is 1.00 bits per heavy atom. The van der Waals surface area contributed by atoms with Crippen LogP contribution in [0.4, 0.5) is 5.69 Å². The fourth-order valence-electron chi connectivity index (χ4n) is 3.53. The number of carbonyl (C=O) groups excluding carboxylic acids is 3. The molecule has 8 nitrogen and oxygen atoms in total. The molecule has 1 aliphatic heterocycles. The van der Waals surface area contributed by atoms with Gasteiger partial charge in [0.25, 0.3) is 11.8 Å². The van der Waals surface area contributed by atoms with E-state index in [9.17, 15) is 19.2 Å². The van der Waals surface area contributed by atoms with Crippen LogP contribution in [-0.4, -0.2) is 36.9 Å². The quantitative estimate of drug-likeness (QED) is 0.437. The summed E-state index contributed by atoms with van der Waals surface area (Å²) in [7, 11) is 3.83. The van der Waals surface area contributed by atoms with Crippen molar-refractivity contribution in [2.75, 3.05) is 19.0 Å². The molecule has 2 heterocycles. The molecule has 1 fully saturated rings. The maximum atomic E-state index is 12.6. The van der Waals surface area contributed by atoms with Gasteiger partial charge >= 0.3 is 11.6 Å². The average Bonchev–Trinajstić information content (AvgIpc) is 3.10. The first-order chi connectivity index (χ1) is 15.7. The smallest absolute Gasteiger partial charge is 0.363 e. The molecule has 168 valence electrons. The maximum Gasteiger partial charge on any atom is 0.363 e. The van der Waals surface area contributed by atoms with Crippen LogP contribution in [0.3, 0.4) is 0 Å². The van der Waals surface area contributed by atoms with E-state index >= 15 is 0 Å². The van der Waals surface area contributed by atoms with Gasteiger partial charge in [-0.2, -0.15) is 0 Å². The van der Waals surface area contributed by atoms with Gasteiger partial charge in [0.1, 0.15) is 5.58 Å². The molecule has 0 atom stereocenters. The van der Waals surface area contributed by atoms with Gasteiger partial charge in [-0.15, -0.1) is 5.06 Å². The van der Waals surface area contributed by atoms with Crippen molar-refractivity contribution in [1.29, 1.82) is 0 Å². The number of fused-ring (bicyclic) bond motifs is 1. The van der Waals surface area contributed by atoms with Crippen LogP contribution in [-0.2, 0) is 14.4 Å². The number of aryl methyl sites for hydroxylation is 1. The largest absolute Gasteiger partial charge is 0.422 e. The zero-order valence-corrected chi connectivity index (χ0v) is 18.5. The normalized spacial score (nSPS) is 13.8. The highest BCUT2D eigenvalue weighted by Crippen LogP contribution is 2.25. The molecule has 0 bridgehead atoms. The summed E-state index contributed by atoms with van der Waals surface area (Å²) in [5.41, 5.74) is 3.20. The highest BCUT2D eigenvalue weighted by molar-refractivity contribution is 6.02. The van der Waals surface area contributed by atoms with Gasteiger partial charge in [0.05, 0.1) is 11.1 Å². The number of hydroxylamine groups is 2. The van der Waals surface area contributed by atoms with Crippen molar-refractivity contribution in [3.63, 3.8) is 0 Å². The average molecular weight is 446 g/mol. The topological polar surface area (TPSA) is 97.1 Å². The van der Waals surface area contributed by atoms with Crippen molar-refractivity contribution in [1.82, 2.24) is 5.06 Å². The molecule has 2 amide bonds. The summed E-state index contributed by atoms with van der Waals surface area (Å²) in [5.74, 6) is -1.86. The Hall–Kier alpha value is -4.20. The second-order valence-electron chi connectivity index (χ2n) is 7.92. The van der Waals surface area contributed by atoms with Crippen molar-refractivity contribution in [2.45, 2.75) is 19.8 Å². The molecule has 4 rings (SSSR count). The predicted molar refractivity (Wildman–Crippen MR) is 123 cm³/mol. The first-order valence-electron chi connectivity index (χ1n) is 10.4. The minimum Gasteiger partial charge on any atom is -0.422 e. The number of benzene rings is 2. The Labute approximate surface area is 189 Å². The molecule has 0 spiro atoms. The Bertz CT molecular complexity index is 1340. The van der Waals surface area contributed by atoms with E-state index < -0.39 is 23.4 Å². The van der Waals surface area contributed by atoms with Crippen LogP contribution in [0.2, 0.25) is 0 Å². The van der Waals surface area contributed by atoms with Crippen LogP contribution in [0.25, 0.3) is 23.1 Å². The van der Waals surface area contributed by atoms with Crippen molar-refractivity contribution < 1.29 is 23.6 Å². The third-order valence-corrected chi connectivity index (χ3v) is 5.48. The van der Waals surface area contributed by atoms with Gasteiger partial charge in [-0.3, -0.25) is 9.59 Å². The number of hydrogen-bond donors (Lipinski definition) is 0. The summed E-state index contributed by atoms with van der Waals surface area (Å²) < 4.78 is 5.53. The van der Waals surface area contributed by atoms with Crippen LogP contribution >= 0.6 is 0 Å². The first-order valence-corrected chi connectivity index (χ1v) is 10.4. The second kappa shape index (κ2) is 8.74. The highest BCUT2D eigenvalue weighted by Gasteiger charge is 2.33. The van der Waals surface area contributed by atoms with Gasteiger partial charge < -0.3 is 14.2 Å². The number of imide groups is 1. The molecule has 1 aliphatic rings. The lowest BCUT2D eigenvalue weighted by atomic mass is 10.0. The van der Waals surface area contributed by atoms with E-state index in [2.05, 4.69) is 0 Å². The Morgan fingerprint density at radius 3 is 2.30 bits per heavy atom. The van der Waals surface area contributed by atoms with Gasteiger partial charge in [-0.25, -0.2) is 9.59 Å². The summed E-state index contributed by atoms with van der Waals surface area (Å²) in [6.45, 7) is 1.87. The van der Waals surface area contributed by atoms with Gasteiger partial charge in [-0.05, 0) is 48.4 Å². The van der Waals surface area contributed by atoms with E-state index in [1.165, 1.54) is 12.1 Å². The zero-order chi connectivity index (χ0) is 23.7. The molecule has 0 radical (unpaired) electrons. The number of anilines is 1. The number of amides is 2. The fourth-order valence-corrected chi connectivity index (χ4v) is 3.53. The fraction of sp³-hybridized carbons (Fsp3) is 0.200. The third kappa shape index (κ3) is 4.41. The molecule has 1 aromatic heterocycles. The molecule has 1 saturated heterocycles. The highest BCUT2D eigenvalue weighted by atomic mass is 16.7. The molecule has 3 aromatic rings. The summed E-state index contributed by atoms with van der Waals surface area (Å²) in [5, 5.41) is 1.36. The molecular formula is C25H22N2O6. The first kappa shape index (κ1) is 22.0. The monoisotopic (exact) mass is 446 g/mol. The van der Waals surface area contributed by atoms with Gasteiger partial charge in [0, 0.05) is 44.1 Å². The number of rotatable bonds is 5. The molecule has 0 N–H and O–H groups in total. The Balaban J connectivity index is 1.54. The van der Waals surface area contributed by atoms with E-state index in [0.717, 1.165) is 22.2 Å². The van der Waals surface area contributed by atoms with Crippen molar-refractivity contribution >= 4 is 46.6 Å². The minimum absolute atomic E-state index is 0.0365. The molecule has 0 unspecified atom stereocenters. The van der Waals surface area contributed by atoms with Gasteiger partial charge in [0.2, 0.25) is 0 Å². The summed E-state index contributed by atoms with van der Waals surface area (Å²) in [6.07, 6.45) is 3.49. The Morgan fingerprint density at radius 2 is 1.67 bits per heavy atom. The molecule has 0 saturated carbocycles. The molecular weight excluding hydrogens is 424 g/mol. The van der Waals surface area contributed by atoms with Crippen LogP contribution in [0.5, 0.6) is 0 Å². The number of hydrogen-bond acceptors (Lipinski definition) is 7. The van der Waals surface area contributed by atoms with Gasteiger partial charge in [-0.1, -0.05) is 18.2 Å². The molecule has 33 heavy (non-hydrogen) atoms. The van der Waals surface area contributed by atoms with Crippen LogP contribution in [0.15, 0.2) is 51.7 Å².